The number of fused-ring (bicyclic) bond motifs is 1. The number of para-hydroxylation sites is 1. The Morgan fingerprint density at radius 3 is 2.75 bits per heavy atom. The third-order valence-electron chi connectivity index (χ3n) is 3.04. The lowest BCUT2D eigenvalue weighted by molar-refractivity contribution is 0.173. The zero-order valence-electron chi connectivity index (χ0n) is 10.4. The number of halogens is 2. The summed E-state index contributed by atoms with van der Waals surface area (Å²) in [5.41, 5.74) is 1.02. The lowest BCUT2D eigenvalue weighted by Crippen LogP contribution is -2.05. The largest absolute Gasteiger partial charge is 0.388 e. The van der Waals surface area contributed by atoms with E-state index in [0.717, 1.165) is 15.2 Å². The highest BCUT2D eigenvalue weighted by Crippen LogP contribution is 2.30. The van der Waals surface area contributed by atoms with Gasteiger partial charge in [-0.05, 0) is 24.3 Å². The predicted octanol–water partition coefficient (Wildman–Crippen LogP) is 4.36. The van der Waals surface area contributed by atoms with Crippen molar-refractivity contribution < 1.29 is 9.50 Å². The second-order valence-electron chi connectivity index (χ2n) is 4.43. The first-order chi connectivity index (χ1) is 9.65. The molecule has 3 aromatic rings. The van der Waals surface area contributed by atoms with Crippen molar-refractivity contribution in [2.75, 3.05) is 0 Å². The molecule has 0 fully saturated rings. The summed E-state index contributed by atoms with van der Waals surface area (Å²) in [7, 11) is 0. The average molecular weight is 308 g/mol. The second-order valence-corrected chi connectivity index (χ2v) is 5.95. The molecular weight excluding hydrogens is 297 g/mol. The molecule has 0 spiro atoms. The number of thiazole rings is 1. The van der Waals surface area contributed by atoms with E-state index < -0.39 is 11.9 Å². The van der Waals surface area contributed by atoms with Gasteiger partial charge in [-0.3, -0.25) is 0 Å². The highest BCUT2D eigenvalue weighted by molar-refractivity contribution is 7.18. The van der Waals surface area contributed by atoms with Gasteiger partial charge in [-0.25, -0.2) is 9.37 Å². The second kappa shape index (κ2) is 5.48. The van der Waals surface area contributed by atoms with E-state index in [1.807, 2.05) is 24.3 Å². The fraction of sp³-hybridized carbons (Fsp3) is 0.133. The monoisotopic (exact) mass is 307 g/mol. The fourth-order valence-electron chi connectivity index (χ4n) is 2.10. The molecule has 1 heterocycles. The van der Waals surface area contributed by atoms with Crippen LogP contribution < -0.4 is 0 Å². The molecule has 5 heteroatoms. The van der Waals surface area contributed by atoms with Gasteiger partial charge in [0.05, 0.1) is 21.3 Å². The van der Waals surface area contributed by atoms with Gasteiger partial charge in [-0.1, -0.05) is 29.8 Å². The fourth-order valence-corrected chi connectivity index (χ4v) is 3.40. The molecular formula is C15H11ClFNOS. The van der Waals surface area contributed by atoms with Crippen LogP contribution in [0.3, 0.4) is 0 Å². The zero-order chi connectivity index (χ0) is 14.1. The van der Waals surface area contributed by atoms with Gasteiger partial charge in [0.2, 0.25) is 0 Å². The van der Waals surface area contributed by atoms with Gasteiger partial charge in [0, 0.05) is 17.0 Å². The number of hydrogen-bond acceptors (Lipinski definition) is 3. The third-order valence-corrected chi connectivity index (χ3v) is 4.43. The molecule has 102 valence electrons. The highest BCUT2D eigenvalue weighted by Gasteiger charge is 2.18. The van der Waals surface area contributed by atoms with Crippen molar-refractivity contribution in [1.29, 1.82) is 0 Å². The van der Waals surface area contributed by atoms with Crippen LogP contribution in [0.1, 0.15) is 16.7 Å². The zero-order valence-corrected chi connectivity index (χ0v) is 12.0. The predicted molar refractivity (Wildman–Crippen MR) is 79.7 cm³/mol. The number of aliphatic hydroxyl groups excluding tert-OH is 1. The van der Waals surface area contributed by atoms with Crippen LogP contribution in [0.4, 0.5) is 4.39 Å². The molecule has 1 atom stereocenters. The summed E-state index contributed by atoms with van der Waals surface area (Å²) in [5, 5.41) is 11.2. The van der Waals surface area contributed by atoms with Gasteiger partial charge in [-0.2, -0.15) is 0 Å². The van der Waals surface area contributed by atoms with Crippen molar-refractivity contribution >= 4 is 33.2 Å². The molecule has 1 unspecified atom stereocenters. The maximum absolute atomic E-state index is 13.7. The summed E-state index contributed by atoms with van der Waals surface area (Å²) in [6.07, 6.45) is -0.746. The van der Waals surface area contributed by atoms with Crippen LogP contribution >= 0.6 is 22.9 Å². The van der Waals surface area contributed by atoms with Crippen LogP contribution in [0.15, 0.2) is 42.5 Å². The number of aromatic nitrogens is 1. The topological polar surface area (TPSA) is 33.1 Å². The van der Waals surface area contributed by atoms with E-state index in [-0.39, 0.29) is 17.0 Å². The van der Waals surface area contributed by atoms with E-state index in [9.17, 15) is 9.50 Å². The van der Waals surface area contributed by atoms with Gasteiger partial charge in [0.15, 0.2) is 0 Å². The molecule has 0 aliphatic carbocycles. The minimum atomic E-state index is -0.996. The van der Waals surface area contributed by atoms with E-state index in [1.54, 1.807) is 6.07 Å². The highest BCUT2D eigenvalue weighted by atomic mass is 35.5. The molecule has 0 aliphatic rings. The summed E-state index contributed by atoms with van der Waals surface area (Å²) < 4.78 is 14.8. The van der Waals surface area contributed by atoms with Crippen molar-refractivity contribution in [2.24, 2.45) is 0 Å². The summed E-state index contributed by atoms with van der Waals surface area (Å²) in [6.45, 7) is 0. The first-order valence-corrected chi connectivity index (χ1v) is 7.31. The molecule has 2 nitrogen and oxygen atoms in total. The summed E-state index contributed by atoms with van der Waals surface area (Å²) in [6, 6.07) is 12.1. The van der Waals surface area contributed by atoms with E-state index in [2.05, 4.69) is 4.98 Å². The SMILES string of the molecule is OC(Cc1nc2ccccc2s1)c1c(F)cccc1Cl. The molecule has 20 heavy (non-hydrogen) atoms. The number of aliphatic hydroxyl groups is 1. The van der Waals surface area contributed by atoms with Crippen molar-refractivity contribution in [2.45, 2.75) is 12.5 Å². The minimum Gasteiger partial charge on any atom is -0.388 e. The van der Waals surface area contributed by atoms with Crippen molar-refractivity contribution in [3.63, 3.8) is 0 Å². The summed E-state index contributed by atoms with van der Waals surface area (Å²) >= 11 is 7.45. The molecule has 0 bridgehead atoms. The Morgan fingerprint density at radius 1 is 1.20 bits per heavy atom. The number of nitrogens with zero attached hydrogens (tertiary/aromatic N) is 1. The van der Waals surface area contributed by atoms with Crippen LogP contribution in [0, 0.1) is 5.82 Å². The van der Waals surface area contributed by atoms with Crippen molar-refractivity contribution in [1.82, 2.24) is 4.98 Å². The van der Waals surface area contributed by atoms with Gasteiger partial charge < -0.3 is 5.11 Å². The molecule has 1 N–H and O–H groups in total. The van der Waals surface area contributed by atoms with Crippen LogP contribution in [-0.2, 0) is 6.42 Å². The van der Waals surface area contributed by atoms with Gasteiger partial charge in [0.1, 0.15) is 5.82 Å². The standard InChI is InChI=1S/C15H11ClFNOS/c16-9-4-3-5-10(17)15(9)12(19)8-14-18-11-6-1-2-7-13(11)20-14/h1-7,12,19H,8H2. The third kappa shape index (κ3) is 2.54. The molecule has 0 amide bonds. The first kappa shape index (κ1) is 13.5. The lowest BCUT2D eigenvalue weighted by Gasteiger charge is -2.11. The Balaban J connectivity index is 1.90. The Bertz CT molecular complexity index is 705. The molecule has 0 saturated heterocycles. The summed E-state index contributed by atoms with van der Waals surface area (Å²) in [5.74, 6) is -0.494. The van der Waals surface area contributed by atoms with Gasteiger partial charge >= 0.3 is 0 Å². The molecule has 3 rings (SSSR count). The van der Waals surface area contributed by atoms with Crippen LogP contribution in [-0.4, -0.2) is 10.1 Å². The van der Waals surface area contributed by atoms with E-state index in [1.165, 1.54) is 23.5 Å². The normalized spacial score (nSPS) is 12.8. The van der Waals surface area contributed by atoms with Gasteiger partial charge in [-0.15, -0.1) is 11.3 Å². The van der Waals surface area contributed by atoms with Crippen LogP contribution in [0.5, 0.6) is 0 Å². The molecule has 2 aromatic carbocycles. The Labute approximate surface area is 124 Å². The maximum Gasteiger partial charge on any atom is 0.130 e. The Kier molecular flexibility index (Phi) is 3.70. The summed E-state index contributed by atoms with van der Waals surface area (Å²) in [4.78, 5) is 4.43. The van der Waals surface area contributed by atoms with Crippen molar-refractivity contribution in [3.8, 4) is 0 Å². The quantitative estimate of drug-likeness (QED) is 0.779. The molecule has 1 aromatic heterocycles. The smallest absolute Gasteiger partial charge is 0.130 e. The number of benzene rings is 2. The van der Waals surface area contributed by atoms with Gasteiger partial charge in [0.25, 0.3) is 0 Å². The van der Waals surface area contributed by atoms with Crippen LogP contribution in [0.25, 0.3) is 10.2 Å². The lowest BCUT2D eigenvalue weighted by atomic mass is 10.1. The van der Waals surface area contributed by atoms with E-state index in [4.69, 9.17) is 11.6 Å². The van der Waals surface area contributed by atoms with E-state index in [0.29, 0.717) is 0 Å². The Morgan fingerprint density at radius 2 is 2.00 bits per heavy atom. The number of hydrogen-bond donors (Lipinski definition) is 1. The molecule has 0 radical (unpaired) electrons. The Hall–Kier alpha value is -1.49. The number of rotatable bonds is 3. The molecule has 0 aliphatic heterocycles. The maximum atomic E-state index is 13.7. The average Bonchev–Trinajstić information content (AvgIpc) is 2.80. The van der Waals surface area contributed by atoms with Crippen molar-refractivity contribution in [3.05, 3.63) is 63.9 Å². The van der Waals surface area contributed by atoms with Crippen LogP contribution in [0.2, 0.25) is 5.02 Å². The minimum absolute atomic E-state index is 0.133. The molecule has 0 saturated carbocycles. The van der Waals surface area contributed by atoms with E-state index >= 15 is 0 Å². The first-order valence-electron chi connectivity index (χ1n) is 6.11.